The van der Waals surface area contributed by atoms with Crippen LogP contribution >= 0.6 is 0 Å². The molecule has 0 bridgehead atoms. The van der Waals surface area contributed by atoms with Gasteiger partial charge in [0.2, 0.25) is 0 Å². The minimum absolute atomic E-state index is 0.0458. The number of nitrogens with two attached hydrogens (primary N) is 1. The Morgan fingerprint density at radius 1 is 0.838 bits per heavy atom. The Bertz CT molecular complexity index is 896. The van der Waals surface area contributed by atoms with E-state index in [4.69, 9.17) is 24.7 Å². The summed E-state index contributed by atoms with van der Waals surface area (Å²) in [6.07, 6.45) is 2.91. The Morgan fingerprint density at radius 3 is 2.00 bits per heavy atom. The molecule has 0 amide bonds. The maximum Gasteiger partial charge on any atom is 0.323 e. The van der Waals surface area contributed by atoms with E-state index in [1.165, 1.54) is 12.1 Å². The second-order valence-corrected chi connectivity index (χ2v) is 10.1. The molecule has 0 aromatic heterocycles. The average Bonchev–Trinajstić information content (AvgIpc) is 2.78. The second kappa shape index (κ2) is 16.7. The second-order valence-electron chi connectivity index (χ2n) is 10.1. The Hall–Kier alpha value is -2.94. The molecule has 1 aromatic carbocycles. The zero-order valence-electron chi connectivity index (χ0n) is 23.0. The first-order valence-electron chi connectivity index (χ1n) is 13.1. The summed E-state index contributed by atoms with van der Waals surface area (Å²) in [4.78, 5) is 48.7. The number of carbonyl (C=O) groups is 4. The van der Waals surface area contributed by atoms with Crippen LogP contribution < -0.4 is 15.2 Å². The third-order valence-corrected chi connectivity index (χ3v) is 5.14. The number of hydrogen-bond donors (Lipinski definition) is 1. The first-order valence-corrected chi connectivity index (χ1v) is 13.1. The third kappa shape index (κ3) is 13.8. The summed E-state index contributed by atoms with van der Waals surface area (Å²) in [5.41, 5.74) is 6.64. The summed E-state index contributed by atoms with van der Waals surface area (Å²) in [6, 6.07) is 3.69. The summed E-state index contributed by atoms with van der Waals surface area (Å²) in [5, 5.41) is 0. The van der Waals surface area contributed by atoms with E-state index in [1.807, 2.05) is 34.6 Å². The van der Waals surface area contributed by atoms with Crippen molar-refractivity contribution in [2.75, 3.05) is 6.61 Å². The molecule has 0 saturated carbocycles. The summed E-state index contributed by atoms with van der Waals surface area (Å²) in [6.45, 7) is 11.2. The van der Waals surface area contributed by atoms with E-state index in [0.29, 0.717) is 12.0 Å². The van der Waals surface area contributed by atoms with E-state index in [0.717, 1.165) is 19.3 Å². The molecule has 1 aromatic rings. The van der Waals surface area contributed by atoms with Gasteiger partial charge in [-0.05, 0) is 49.3 Å². The molecule has 2 N–H and O–H groups in total. The van der Waals surface area contributed by atoms with Gasteiger partial charge in [0.15, 0.2) is 11.5 Å². The lowest BCUT2D eigenvalue weighted by Gasteiger charge is -2.18. The van der Waals surface area contributed by atoms with Crippen molar-refractivity contribution in [2.45, 2.75) is 98.6 Å². The molecule has 0 radical (unpaired) electrons. The SMILES string of the molecule is CCCCCC(=O)OC[C@H](C)OC(=O)[C@@H](N)Cc1ccc(OC(=O)CC(C)C)c(OC(=O)CC(C)C)c1. The lowest BCUT2D eigenvalue weighted by Crippen LogP contribution is -2.37. The van der Waals surface area contributed by atoms with E-state index in [2.05, 4.69) is 0 Å². The molecular formula is C28H43NO8. The quantitative estimate of drug-likeness (QED) is 0.189. The van der Waals surface area contributed by atoms with Crippen molar-refractivity contribution in [1.29, 1.82) is 0 Å². The van der Waals surface area contributed by atoms with E-state index in [9.17, 15) is 19.2 Å². The highest BCUT2D eigenvalue weighted by Gasteiger charge is 2.22. The largest absolute Gasteiger partial charge is 0.462 e. The van der Waals surface area contributed by atoms with E-state index < -0.39 is 30.1 Å². The van der Waals surface area contributed by atoms with Gasteiger partial charge in [0.05, 0.1) is 0 Å². The first-order chi connectivity index (χ1) is 17.4. The van der Waals surface area contributed by atoms with Crippen molar-refractivity contribution in [3.63, 3.8) is 0 Å². The fourth-order valence-corrected chi connectivity index (χ4v) is 3.30. The zero-order valence-corrected chi connectivity index (χ0v) is 23.0. The predicted molar refractivity (Wildman–Crippen MR) is 139 cm³/mol. The molecule has 0 fully saturated rings. The van der Waals surface area contributed by atoms with Crippen molar-refractivity contribution in [2.24, 2.45) is 17.6 Å². The van der Waals surface area contributed by atoms with Gasteiger partial charge in [0.25, 0.3) is 0 Å². The molecular weight excluding hydrogens is 478 g/mol. The molecule has 9 heteroatoms. The Balaban J connectivity index is 2.80. The number of hydrogen-bond acceptors (Lipinski definition) is 9. The van der Waals surface area contributed by atoms with Crippen LogP contribution in [0.15, 0.2) is 18.2 Å². The fourth-order valence-electron chi connectivity index (χ4n) is 3.30. The lowest BCUT2D eigenvalue weighted by atomic mass is 10.1. The molecule has 37 heavy (non-hydrogen) atoms. The number of rotatable bonds is 16. The van der Waals surface area contributed by atoms with Crippen molar-refractivity contribution >= 4 is 23.9 Å². The Labute approximate surface area is 220 Å². The van der Waals surface area contributed by atoms with E-state index in [1.54, 1.807) is 13.0 Å². The minimum Gasteiger partial charge on any atom is -0.462 e. The Kier molecular flexibility index (Phi) is 14.5. The fraction of sp³-hybridized carbons (Fsp3) is 0.643. The van der Waals surface area contributed by atoms with Crippen LogP contribution in [0.2, 0.25) is 0 Å². The smallest absolute Gasteiger partial charge is 0.323 e. The number of ether oxygens (including phenoxy) is 4. The number of esters is 4. The van der Waals surface area contributed by atoms with Crippen LogP contribution in [0.4, 0.5) is 0 Å². The van der Waals surface area contributed by atoms with Crippen LogP contribution in [0, 0.1) is 11.8 Å². The molecule has 9 nitrogen and oxygen atoms in total. The van der Waals surface area contributed by atoms with Gasteiger partial charge in [-0.3, -0.25) is 19.2 Å². The van der Waals surface area contributed by atoms with Gasteiger partial charge < -0.3 is 24.7 Å². The molecule has 0 aliphatic rings. The average molecular weight is 522 g/mol. The third-order valence-electron chi connectivity index (χ3n) is 5.14. The molecule has 208 valence electrons. The van der Waals surface area contributed by atoms with Crippen LogP contribution in [0.1, 0.15) is 85.6 Å². The lowest BCUT2D eigenvalue weighted by molar-refractivity contribution is -0.159. The maximum atomic E-state index is 12.5. The summed E-state index contributed by atoms with van der Waals surface area (Å²) >= 11 is 0. The van der Waals surface area contributed by atoms with Gasteiger partial charge in [0, 0.05) is 19.3 Å². The first kappa shape index (κ1) is 32.1. The Morgan fingerprint density at radius 2 is 1.43 bits per heavy atom. The van der Waals surface area contributed by atoms with Crippen molar-refractivity contribution in [3.8, 4) is 11.5 Å². The van der Waals surface area contributed by atoms with Gasteiger partial charge in [0.1, 0.15) is 18.8 Å². The molecule has 0 unspecified atom stereocenters. The van der Waals surface area contributed by atoms with Crippen LogP contribution in [-0.4, -0.2) is 42.6 Å². The topological polar surface area (TPSA) is 131 Å². The molecule has 2 atom stereocenters. The molecule has 0 heterocycles. The van der Waals surface area contributed by atoms with Crippen LogP contribution in [0.5, 0.6) is 11.5 Å². The monoisotopic (exact) mass is 521 g/mol. The van der Waals surface area contributed by atoms with Gasteiger partial charge in [-0.25, -0.2) is 0 Å². The summed E-state index contributed by atoms with van der Waals surface area (Å²) in [5.74, 6) is -1.48. The molecule has 0 aliphatic heterocycles. The van der Waals surface area contributed by atoms with Gasteiger partial charge in [-0.2, -0.15) is 0 Å². The van der Waals surface area contributed by atoms with Gasteiger partial charge in [-0.1, -0.05) is 53.5 Å². The highest BCUT2D eigenvalue weighted by molar-refractivity contribution is 5.77. The summed E-state index contributed by atoms with van der Waals surface area (Å²) in [7, 11) is 0. The van der Waals surface area contributed by atoms with Crippen molar-refractivity contribution in [1.82, 2.24) is 0 Å². The van der Waals surface area contributed by atoms with Crippen molar-refractivity contribution < 1.29 is 38.1 Å². The molecule has 0 spiro atoms. The van der Waals surface area contributed by atoms with E-state index >= 15 is 0 Å². The number of benzene rings is 1. The van der Waals surface area contributed by atoms with Crippen LogP contribution in [0.3, 0.4) is 0 Å². The molecule has 1 rings (SSSR count). The standard InChI is InChI=1S/C28H43NO8/c1-7-8-9-10-25(30)34-17-20(6)35-28(33)22(29)15-21-11-12-23(36-26(31)13-18(2)3)24(16-21)37-27(32)14-19(4)5/h11-12,16,18-20,22H,7-10,13-15,17,29H2,1-6H3/t20-,22-/m0/s1. The van der Waals surface area contributed by atoms with Gasteiger partial charge >= 0.3 is 23.9 Å². The minimum atomic E-state index is -1.00. The number of unbranched alkanes of at least 4 members (excludes halogenated alkanes) is 2. The summed E-state index contributed by atoms with van der Waals surface area (Å²) < 4.78 is 21.4. The van der Waals surface area contributed by atoms with Crippen LogP contribution in [-0.2, 0) is 35.1 Å². The number of carbonyl (C=O) groups excluding carboxylic acids is 4. The predicted octanol–water partition coefficient (Wildman–Crippen LogP) is 4.51. The zero-order chi connectivity index (χ0) is 28.0. The van der Waals surface area contributed by atoms with E-state index in [-0.39, 0.29) is 55.2 Å². The van der Waals surface area contributed by atoms with Crippen molar-refractivity contribution in [3.05, 3.63) is 23.8 Å². The molecule has 0 aliphatic carbocycles. The van der Waals surface area contributed by atoms with Crippen LogP contribution in [0.25, 0.3) is 0 Å². The normalized spacial score (nSPS) is 12.7. The highest BCUT2D eigenvalue weighted by atomic mass is 16.6. The maximum absolute atomic E-state index is 12.5. The molecule has 0 saturated heterocycles. The highest BCUT2D eigenvalue weighted by Crippen LogP contribution is 2.30. The van der Waals surface area contributed by atoms with Gasteiger partial charge in [-0.15, -0.1) is 0 Å².